The van der Waals surface area contributed by atoms with Gasteiger partial charge >= 0.3 is 0 Å². The maximum atomic E-state index is 11.8. The van der Waals surface area contributed by atoms with E-state index >= 15 is 0 Å². The molecule has 0 aliphatic heterocycles. The molecule has 1 aromatic rings. The fourth-order valence-corrected chi connectivity index (χ4v) is 1.60. The molecule has 0 atom stereocenters. The number of rotatable bonds is 6. The van der Waals surface area contributed by atoms with Crippen LogP contribution in [0.4, 0.5) is 5.69 Å². The highest BCUT2D eigenvalue weighted by Gasteiger charge is 2.06. The first-order valence-corrected chi connectivity index (χ1v) is 6.22. The van der Waals surface area contributed by atoms with E-state index in [1.54, 1.807) is 6.07 Å². The molecular weight excluding hydrogens is 228 g/mol. The Morgan fingerprint density at radius 3 is 2.72 bits per heavy atom. The maximum Gasteiger partial charge on any atom is 0.251 e. The summed E-state index contributed by atoms with van der Waals surface area (Å²) in [6, 6.07) is 5.33. The zero-order valence-electron chi connectivity index (χ0n) is 11.3. The first-order chi connectivity index (χ1) is 8.49. The van der Waals surface area contributed by atoms with Crippen LogP contribution >= 0.6 is 0 Å². The van der Waals surface area contributed by atoms with Crippen molar-refractivity contribution in [2.75, 3.05) is 25.5 Å². The molecule has 0 heterocycles. The van der Waals surface area contributed by atoms with Crippen LogP contribution in [0.25, 0.3) is 0 Å². The molecular formula is C14H22N2O2. The number of benzene rings is 1. The predicted octanol–water partition coefficient (Wildman–Crippen LogP) is 1.98. The number of ether oxygens (including phenoxy) is 1. The number of nitrogens with two attached hydrogens (primary N) is 1. The second-order valence-electron chi connectivity index (χ2n) is 4.86. The van der Waals surface area contributed by atoms with E-state index in [0.29, 0.717) is 36.9 Å². The number of anilines is 1. The third kappa shape index (κ3) is 5.19. The molecule has 18 heavy (non-hydrogen) atoms. The Kier molecular flexibility index (Phi) is 5.65. The standard InChI is InChI=1S/C14H22N2O2/c1-10(2)9-18-5-4-16-14(17)12-6-11(3)7-13(15)8-12/h6-8,10H,4-5,9,15H2,1-3H3,(H,16,17). The van der Waals surface area contributed by atoms with Crippen LogP contribution in [0.1, 0.15) is 29.8 Å². The van der Waals surface area contributed by atoms with Gasteiger partial charge in [0.05, 0.1) is 6.61 Å². The van der Waals surface area contributed by atoms with E-state index in [1.165, 1.54) is 0 Å². The predicted molar refractivity (Wildman–Crippen MR) is 73.6 cm³/mol. The summed E-state index contributed by atoms with van der Waals surface area (Å²) in [5.74, 6) is 0.399. The van der Waals surface area contributed by atoms with Crippen molar-refractivity contribution >= 4 is 11.6 Å². The Morgan fingerprint density at radius 2 is 2.11 bits per heavy atom. The Bertz CT molecular complexity index is 383. The van der Waals surface area contributed by atoms with Gasteiger partial charge in [-0.3, -0.25) is 4.79 Å². The van der Waals surface area contributed by atoms with Gasteiger partial charge in [0, 0.05) is 24.4 Å². The molecule has 0 radical (unpaired) electrons. The fourth-order valence-electron chi connectivity index (χ4n) is 1.60. The van der Waals surface area contributed by atoms with E-state index in [1.807, 2.05) is 19.1 Å². The van der Waals surface area contributed by atoms with Crippen LogP contribution in [0.3, 0.4) is 0 Å². The summed E-state index contributed by atoms with van der Waals surface area (Å²) < 4.78 is 5.39. The number of carbonyl (C=O) groups is 1. The summed E-state index contributed by atoms with van der Waals surface area (Å²) in [4.78, 5) is 11.8. The van der Waals surface area contributed by atoms with Gasteiger partial charge in [-0.05, 0) is 36.6 Å². The molecule has 0 unspecified atom stereocenters. The van der Waals surface area contributed by atoms with E-state index in [4.69, 9.17) is 10.5 Å². The molecule has 4 nitrogen and oxygen atoms in total. The number of nitrogens with one attached hydrogen (secondary N) is 1. The Hall–Kier alpha value is -1.55. The highest BCUT2D eigenvalue weighted by Crippen LogP contribution is 2.10. The summed E-state index contributed by atoms with van der Waals surface area (Å²) in [5.41, 5.74) is 7.89. The van der Waals surface area contributed by atoms with Gasteiger partial charge in [0.2, 0.25) is 0 Å². The van der Waals surface area contributed by atoms with E-state index in [0.717, 1.165) is 5.56 Å². The summed E-state index contributed by atoms with van der Waals surface area (Å²) >= 11 is 0. The van der Waals surface area contributed by atoms with Crippen LogP contribution < -0.4 is 11.1 Å². The molecule has 0 spiro atoms. The summed E-state index contributed by atoms with van der Waals surface area (Å²) in [5, 5.41) is 2.81. The number of aryl methyl sites for hydroxylation is 1. The third-order valence-corrected chi connectivity index (χ3v) is 2.35. The number of amides is 1. The van der Waals surface area contributed by atoms with Crippen molar-refractivity contribution in [3.63, 3.8) is 0 Å². The van der Waals surface area contributed by atoms with Crippen LogP contribution in [-0.2, 0) is 4.74 Å². The summed E-state index contributed by atoms with van der Waals surface area (Å²) in [7, 11) is 0. The molecule has 1 aromatic carbocycles. The van der Waals surface area contributed by atoms with Crippen molar-refractivity contribution in [2.24, 2.45) is 5.92 Å². The highest BCUT2D eigenvalue weighted by molar-refractivity contribution is 5.95. The largest absolute Gasteiger partial charge is 0.399 e. The van der Waals surface area contributed by atoms with E-state index in [-0.39, 0.29) is 5.91 Å². The van der Waals surface area contributed by atoms with Crippen molar-refractivity contribution in [1.82, 2.24) is 5.32 Å². The molecule has 0 aromatic heterocycles. The zero-order valence-corrected chi connectivity index (χ0v) is 11.3. The van der Waals surface area contributed by atoms with E-state index < -0.39 is 0 Å². The first kappa shape index (κ1) is 14.5. The molecule has 0 aliphatic rings. The molecule has 100 valence electrons. The lowest BCUT2D eigenvalue weighted by Crippen LogP contribution is -2.27. The minimum atomic E-state index is -0.112. The summed E-state index contributed by atoms with van der Waals surface area (Å²) in [6.45, 7) is 7.86. The molecule has 1 rings (SSSR count). The lowest BCUT2D eigenvalue weighted by molar-refractivity contribution is 0.0886. The third-order valence-electron chi connectivity index (χ3n) is 2.35. The van der Waals surface area contributed by atoms with Crippen LogP contribution in [0.15, 0.2) is 18.2 Å². The van der Waals surface area contributed by atoms with Crippen LogP contribution in [0, 0.1) is 12.8 Å². The van der Waals surface area contributed by atoms with E-state index in [9.17, 15) is 4.79 Å². The molecule has 0 saturated heterocycles. The Morgan fingerprint density at radius 1 is 1.39 bits per heavy atom. The van der Waals surface area contributed by atoms with Gasteiger partial charge in [-0.1, -0.05) is 13.8 Å². The van der Waals surface area contributed by atoms with Crippen molar-refractivity contribution in [2.45, 2.75) is 20.8 Å². The quantitative estimate of drug-likeness (QED) is 0.599. The fraction of sp³-hybridized carbons (Fsp3) is 0.500. The van der Waals surface area contributed by atoms with Gasteiger partial charge in [-0.2, -0.15) is 0 Å². The number of nitrogen functional groups attached to an aromatic ring is 1. The SMILES string of the molecule is Cc1cc(N)cc(C(=O)NCCOCC(C)C)c1. The van der Waals surface area contributed by atoms with Crippen LogP contribution in [0.5, 0.6) is 0 Å². The minimum absolute atomic E-state index is 0.112. The molecule has 3 N–H and O–H groups in total. The highest BCUT2D eigenvalue weighted by atomic mass is 16.5. The Balaban J connectivity index is 2.36. The average Bonchev–Trinajstić information content (AvgIpc) is 2.26. The molecule has 0 bridgehead atoms. The van der Waals surface area contributed by atoms with Gasteiger partial charge in [0.25, 0.3) is 5.91 Å². The smallest absolute Gasteiger partial charge is 0.251 e. The van der Waals surface area contributed by atoms with Crippen molar-refractivity contribution in [1.29, 1.82) is 0 Å². The second-order valence-corrected chi connectivity index (χ2v) is 4.86. The zero-order chi connectivity index (χ0) is 13.5. The van der Waals surface area contributed by atoms with Crippen LogP contribution in [0.2, 0.25) is 0 Å². The van der Waals surface area contributed by atoms with Crippen LogP contribution in [-0.4, -0.2) is 25.7 Å². The van der Waals surface area contributed by atoms with Gasteiger partial charge in [0.1, 0.15) is 0 Å². The number of hydrogen-bond acceptors (Lipinski definition) is 3. The monoisotopic (exact) mass is 250 g/mol. The molecule has 0 aliphatic carbocycles. The van der Waals surface area contributed by atoms with Gasteiger partial charge < -0.3 is 15.8 Å². The number of carbonyl (C=O) groups excluding carboxylic acids is 1. The average molecular weight is 250 g/mol. The maximum absolute atomic E-state index is 11.8. The molecule has 4 heteroatoms. The van der Waals surface area contributed by atoms with Crippen molar-refractivity contribution < 1.29 is 9.53 Å². The second kappa shape index (κ2) is 7.01. The molecule has 0 fully saturated rings. The Labute approximate surface area is 109 Å². The molecule has 1 amide bonds. The van der Waals surface area contributed by atoms with Gasteiger partial charge in [-0.25, -0.2) is 0 Å². The summed E-state index contributed by atoms with van der Waals surface area (Å²) in [6.07, 6.45) is 0. The molecule has 0 saturated carbocycles. The van der Waals surface area contributed by atoms with Gasteiger partial charge in [-0.15, -0.1) is 0 Å². The topological polar surface area (TPSA) is 64.4 Å². The van der Waals surface area contributed by atoms with Gasteiger partial charge in [0.15, 0.2) is 0 Å². The van der Waals surface area contributed by atoms with E-state index in [2.05, 4.69) is 19.2 Å². The number of hydrogen-bond donors (Lipinski definition) is 2. The first-order valence-electron chi connectivity index (χ1n) is 6.22. The van der Waals surface area contributed by atoms with Crippen molar-refractivity contribution in [3.8, 4) is 0 Å². The van der Waals surface area contributed by atoms with Crippen molar-refractivity contribution in [3.05, 3.63) is 29.3 Å². The minimum Gasteiger partial charge on any atom is -0.399 e. The lowest BCUT2D eigenvalue weighted by Gasteiger charge is -2.09. The normalized spacial score (nSPS) is 10.7. The lowest BCUT2D eigenvalue weighted by atomic mass is 10.1.